The second-order valence-corrected chi connectivity index (χ2v) is 5.01. The number of hydrogen-bond donors (Lipinski definition) is 0. The molecule has 0 fully saturated rings. The number of imidazole rings is 2. The van der Waals surface area contributed by atoms with E-state index in [-0.39, 0.29) is 5.97 Å². The molecule has 0 saturated heterocycles. The molecule has 0 aliphatic heterocycles. The Morgan fingerprint density at radius 2 is 2.05 bits per heavy atom. The van der Waals surface area contributed by atoms with Gasteiger partial charge in [-0.2, -0.15) is 0 Å². The van der Waals surface area contributed by atoms with Crippen molar-refractivity contribution >= 4 is 38.7 Å². The highest BCUT2D eigenvalue weighted by Crippen LogP contribution is 2.25. The SMILES string of the molecule is CCOC(=O)c1c(CBr)nc2n(C)c3ccccc3n12. The Morgan fingerprint density at radius 1 is 1.35 bits per heavy atom. The number of carbonyl (C=O) groups is 1. The molecule has 0 atom stereocenters. The maximum atomic E-state index is 12.2. The van der Waals surface area contributed by atoms with Gasteiger partial charge in [0.15, 0.2) is 5.69 Å². The molecule has 3 rings (SSSR count). The molecule has 104 valence electrons. The van der Waals surface area contributed by atoms with Crippen molar-refractivity contribution in [3.8, 4) is 0 Å². The molecule has 5 nitrogen and oxygen atoms in total. The third kappa shape index (κ3) is 1.75. The van der Waals surface area contributed by atoms with Gasteiger partial charge in [-0.05, 0) is 19.1 Å². The Bertz CT molecular complexity index is 804. The van der Waals surface area contributed by atoms with E-state index in [1.54, 1.807) is 6.92 Å². The van der Waals surface area contributed by atoms with Gasteiger partial charge in [0, 0.05) is 12.4 Å². The van der Waals surface area contributed by atoms with Gasteiger partial charge in [-0.1, -0.05) is 28.1 Å². The van der Waals surface area contributed by atoms with Crippen molar-refractivity contribution in [2.45, 2.75) is 12.3 Å². The van der Waals surface area contributed by atoms with Gasteiger partial charge in [0.25, 0.3) is 0 Å². The fraction of sp³-hybridized carbons (Fsp3) is 0.286. The summed E-state index contributed by atoms with van der Waals surface area (Å²) in [5.41, 5.74) is 3.17. The van der Waals surface area contributed by atoms with Crippen LogP contribution in [0.25, 0.3) is 16.8 Å². The molecule has 3 aromatic rings. The van der Waals surface area contributed by atoms with E-state index in [0.717, 1.165) is 16.8 Å². The Labute approximate surface area is 124 Å². The van der Waals surface area contributed by atoms with Crippen molar-refractivity contribution in [2.75, 3.05) is 6.61 Å². The van der Waals surface area contributed by atoms with Crippen LogP contribution in [-0.2, 0) is 17.1 Å². The molecule has 0 unspecified atom stereocenters. The number of para-hydroxylation sites is 2. The van der Waals surface area contributed by atoms with Gasteiger partial charge >= 0.3 is 5.97 Å². The van der Waals surface area contributed by atoms with E-state index >= 15 is 0 Å². The number of rotatable bonds is 3. The van der Waals surface area contributed by atoms with Crippen molar-refractivity contribution in [1.29, 1.82) is 0 Å². The first-order valence-electron chi connectivity index (χ1n) is 6.36. The number of nitrogens with zero attached hydrogens (tertiary/aromatic N) is 3. The first kappa shape index (κ1) is 13.2. The fourth-order valence-corrected chi connectivity index (χ4v) is 2.84. The molecule has 0 N–H and O–H groups in total. The zero-order chi connectivity index (χ0) is 14.3. The molecule has 2 aromatic heterocycles. The molecule has 0 aliphatic rings. The van der Waals surface area contributed by atoms with Crippen LogP contribution in [0.3, 0.4) is 0 Å². The fourth-order valence-electron chi connectivity index (χ4n) is 2.45. The van der Waals surface area contributed by atoms with E-state index in [1.165, 1.54) is 0 Å². The summed E-state index contributed by atoms with van der Waals surface area (Å²) < 4.78 is 9.01. The van der Waals surface area contributed by atoms with E-state index in [2.05, 4.69) is 20.9 Å². The summed E-state index contributed by atoms with van der Waals surface area (Å²) in [6, 6.07) is 7.90. The summed E-state index contributed by atoms with van der Waals surface area (Å²) in [6.45, 7) is 2.14. The zero-order valence-electron chi connectivity index (χ0n) is 11.3. The molecular formula is C14H14BrN3O2. The summed E-state index contributed by atoms with van der Waals surface area (Å²) in [4.78, 5) is 16.8. The number of fused-ring (bicyclic) bond motifs is 3. The Hall–Kier alpha value is -1.82. The largest absolute Gasteiger partial charge is 0.461 e. The molecule has 0 bridgehead atoms. The quantitative estimate of drug-likeness (QED) is 0.546. The minimum atomic E-state index is -0.342. The topological polar surface area (TPSA) is 48.5 Å². The van der Waals surface area contributed by atoms with Gasteiger partial charge in [-0.15, -0.1) is 0 Å². The molecule has 6 heteroatoms. The molecule has 0 amide bonds. The number of ether oxygens (including phenoxy) is 1. The van der Waals surface area contributed by atoms with E-state index in [0.29, 0.717) is 23.3 Å². The minimum absolute atomic E-state index is 0.342. The van der Waals surface area contributed by atoms with Gasteiger partial charge in [0.2, 0.25) is 5.78 Å². The van der Waals surface area contributed by atoms with E-state index in [9.17, 15) is 4.79 Å². The lowest BCUT2D eigenvalue weighted by Crippen LogP contribution is -2.10. The van der Waals surface area contributed by atoms with E-state index < -0.39 is 0 Å². The molecule has 1 aromatic carbocycles. The van der Waals surface area contributed by atoms with Crippen LogP contribution in [0.2, 0.25) is 0 Å². The zero-order valence-corrected chi connectivity index (χ0v) is 12.8. The predicted octanol–water partition coefficient (Wildman–Crippen LogP) is 2.90. The Morgan fingerprint density at radius 3 is 2.70 bits per heavy atom. The maximum absolute atomic E-state index is 12.2. The highest BCUT2D eigenvalue weighted by Gasteiger charge is 2.23. The van der Waals surface area contributed by atoms with Gasteiger partial charge in [-0.3, -0.25) is 4.40 Å². The van der Waals surface area contributed by atoms with E-state index in [4.69, 9.17) is 4.74 Å². The van der Waals surface area contributed by atoms with Crippen LogP contribution in [0.5, 0.6) is 0 Å². The number of alkyl halides is 1. The summed E-state index contributed by atoms with van der Waals surface area (Å²) >= 11 is 3.39. The third-order valence-corrected chi connectivity index (χ3v) is 3.84. The second-order valence-electron chi connectivity index (χ2n) is 4.44. The number of aryl methyl sites for hydroxylation is 1. The molecule has 0 saturated carbocycles. The minimum Gasteiger partial charge on any atom is -0.461 e. The van der Waals surface area contributed by atoms with Crippen LogP contribution in [-0.4, -0.2) is 26.5 Å². The van der Waals surface area contributed by atoms with Gasteiger partial charge in [-0.25, -0.2) is 9.78 Å². The standard InChI is InChI=1S/C14H14BrN3O2/c1-3-20-13(19)12-9(8-15)16-14-17(2)10-6-4-5-7-11(10)18(12)14/h4-7H,3,8H2,1-2H3. The van der Waals surface area contributed by atoms with Crippen molar-refractivity contribution in [2.24, 2.45) is 7.05 Å². The van der Waals surface area contributed by atoms with Gasteiger partial charge < -0.3 is 9.30 Å². The van der Waals surface area contributed by atoms with Crippen LogP contribution in [0.1, 0.15) is 23.1 Å². The monoisotopic (exact) mass is 335 g/mol. The number of esters is 1. The van der Waals surface area contributed by atoms with Crippen molar-refractivity contribution in [1.82, 2.24) is 14.0 Å². The van der Waals surface area contributed by atoms with Crippen LogP contribution in [0.4, 0.5) is 0 Å². The summed E-state index contributed by atoms with van der Waals surface area (Å²) in [5.74, 6) is 0.398. The first-order valence-corrected chi connectivity index (χ1v) is 7.49. The smallest absolute Gasteiger partial charge is 0.357 e. The lowest BCUT2D eigenvalue weighted by molar-refractivity contribution is 0.0517. The van der Waals surface area contributed by atoms with Gasteiger partial charge in [0.1, 0.15) is 0 Å². The highest BCUT2D eigenvalue weighted by molar-refractivity contribution is 9.08. The number of aromatic nitrogens is 3. The molecule has 0 radical (unpaired) electrons. The number of halogens is 1. The molecule has 0 spiro atoms. The lowest BCUT2D eigenvalue weighted by Gasteiger charge is -2.02. The van der Waals surface area contributed by atoms with Crippen molar-refractivity contribution in [3.05, 3.63) is 35.7 Å². The summed E-state index contributed by atoms with van der Waals surface area (Å²) in [6.07, 6.45) is 0. The van der Waals surface area contributed by atoms with E-state index in [1.807, 2.05) is 40.3 Å². The second kappa shape index (κ2) is 4.94. The normalized spacial score (nSPS) is 11.3. The maximum Gasteiger partial charge on any atom is 0.357 e. The first-order chi connectivity index (χ1) is 9.69. The number of benzene rings is 1. The summed E-state index contributed by atoms with van der Waals surface area (Å²) in [7, 11) is 1.94. The Kier molecular flexibility index (Phi) is 3.25. The molecule has 0 aliphatic carbocycles. The summed E-state index contributed by atoms with van der Waals surface area (Å²) in [5, 5.41) is 0.511. The predicted molar refractivity (Wildman–Crippen MR) is 80.3 cm³/mol. The highest BCUT2D eigenvalue weighted by atomic mass is 79.9. The van der Waals surface area contributed by atoms with Crippen LogP contribution in [0.15, 0.2) is 24.3 Å². The van der Waals surface area contributed by atoms with Crippen LogP contribution < -0.4 is 0 Å². The lowest BCUT2D eigenvalue weighted by atomic mass is 10.3. The van der Waals surface area contributed by atoms with Crippen LogP contribution in [0, 0.1) is 0 Å². The number of carbonyl (C=O) groups excluding carboxylic acids is 1. The molecular weight excluding hydrogens is 322 g/mol. The number of hydrogen-bond acceptors (Lipinski definition) is 3. The van der Waals surface area contributed by atoms with Gasteiger partial charge in [0.05, 0.1) is 23.3 Å². The third-order valence-electron chi connectivity index (χ3n) is 3.31. The molecule has 2 heterocycles. The van der Waals surface area contributed by atoms with Crippen LogP contribution >= 0.6 is 15.9 Å². The average Bonchev–Trinajstić information content (AvgIpc) is 2.96. The molecule has 20 heavy (non-hydrogen) atoms. The van der Waals surface area contributed by atoms with Crippen molar-refractivity contribution < 1.29 is 9.53 Å². The average molecular weight is 336 g/mol. The van der Waals surface area contributed by atoms with Crippen molar-refractivity contribution in [3.63, 3.8) is 0 Å². The Balaban J connectivity index is 2.41.